The fraction of sp³-hybridized carbons (Fsp3) is 0.438. The molecule has 2 rings (SSSR count). The normalized spacial score (nSPS) is 12.4. The third kappa shape index (κ3) is 4.19. The predicted molar refractivity (Wildman–Crippen MR) is 92.5 cm³/mol. The summed E-state index contributed by atoms with van der Waals surface area (Å²) in [7, 11) is 2.07. The van der Waals surface area contributed by atoms with E-state index in [1.165, 1.54) is 10.4 Å². The molecule has 114 valence electrons. The second kappa shape index (κ2) is 7.25. The minimum Gasteiger partial charge on any atom is -0.347 e. The van der Waals surface area contributed by atoms with Crippen molar-refractivity contribution in [1.29, 1.82) is 0 Å². The lowest BCUT2D eigenvalue weighted by Gasteiger charge is -2.16. The monoisotopic (exact) mass is 323 g/mol. The van der Waals surface area contributed by atoms with Gasteiger partial charge in [-0.15, -0.1) is 11.3 Å². The van der Waals surface area contributed by atoms with Gasteiger partial charge < -0.3 is 10.2 Å². The van der Waals surface area contributed by atoms with Crippen LogP contribution in [0.3, 0.4) is 0 Å². The Labute approximate surface area is 136 Å². The maximum atomic E-state index is 6.04. The molecule has 0 bridgehead atoms. The molecule has 1 unspecified atom stereocenters. The predicted octanol–water partition coefficient (Wildman–Crippen LogP) is 4.41. The Morgan fingerprint density at radius 2 is 2.19 bits per heavy atom. The molecule has 2 aromatic rings. The number of hydrogen-bond acceptors (Lipinski definition) is 4. The van der Waals surface area contributed by atoms with Crippen LogP contribution < -0.4 is 10.2 Å². The quantitative estimate of drug-likeness (QED) is 0.853. The number of aromatic nitrogens is 1. The third-order valence-electron chi connectivity index (χ3n) is 3.36. The van der Waals surface area contributed by atoms with E-state index in [4.69, 9.17) is 16.6 Å². The fourth-order valence-corrected chi connectivity index (χ4v) is 3.60. The first-order valence-electron chi connectivity index (χ1n) is 7.17. The molecule has 0 aliphatic carbocycles. The second-order valence-electron chi connectivity index (χ2n) is 5.21. The molecule has 1 N–H and O–H groups in total. The molecular weight excluding hydrogens is 302 g/mol. The first-order chi connectivity index (χ1) is 10.0. The van der Waals surface area contributed by atoms with Gasteiger partial charge in [-0.2, -0.15) is 0 Å². The SMILES string of the molecule is CCNC(C)c1sc(N(C)Cc2cccc(Cl)c2)nc1C. The van der Waals surface area contributed by atoms with Crippen LogP contribution in [0.5, 0.6) is 0 Å². The van der Waals surface area contributed by atoms with Crippen molar-refractivity contribution >= 4 is 28.1 Å². The molecule has 0 spiro atoms. The zero-order chi connectivity index (χ0) is 15.4. The zero-order valence-corrected chi connectivity index (χ0v) is 14.6. The first-order valence-corrected chi connectivity index (χ1v) is 8.37. The van der Waals surface area contributed by atoms with Crippen molar-refractivity contribution in [3.05, 3.63) is 45.4 Å². The Morgan fingerprint density at radius 1 is 1.43 bits per heavy atom. The molecule has 21 heavy (non-hydrogen) atoms. The Bertz CT molecular complexity index is 597. The van der Waals surface area contributed by atoms with E-state index >= 15 is 0 Å². The van der Waals surface area contributed by atoms with Crippen LogP contribution in [0.1, 0.15) is 36.0 Å². The number of rotatable bonds is 6. The lowest BCUT2D eigenvalue weighted by atomic mass is 10.2. The second-order valence-corrected chi connectivity index (χ2v) is 6.66. The minimum absolute atomic E-state index is 0.348. The summed E-state index contributed by atoms with van der Waals surface area (Å²) in [6, 6.07) is 8.32. The number of benzene rings is 1. The van der Waals surface area contributed by atoms with Crippen LogP contribution >= 0.6 is 22.9 Å². The molecule has 1 aromatic carbocycles. The van der Waals surface area contributed by atoms with E-state index < -0.39 is 0 Å². The van der Waals surface area contributed by atoms with Gasteiger partial charge in [0.1, 0.15) is 0 Å². The molecule has 5 heteroatoms. The molecule has 1 aromatic heterocycles. The molecule has 0 fully saturated rings. The van der Waals surface area contributed by atoms with Gasteiger partial charge in [0.15, 0.2) is 5.13 Å². The van der Waals surface area contributed by atoms with Gasteiger partial charge >= 0.3 is 0 Å². The number of halogens is 1. The summed E-state index contributed by atoms with van der Waals surface area (Å²) >= 11 is 7.80. The molecule has 1 atom stereocenters. The summed E-state index contributed by atoms with van der Waals surface area (Å²) in [5, 5.41) is 5.27. The standard InChI is InChI=1S/C16H22ClN3S/c1-5-18-11(2)15-12(3)19-16(21-15)20(4)10-13-7-6-8-14(17)9-13/h6-9,11,18H,5,10H2,1-4H3. The number of thiazole rings is 1. The Kier molecular flexibility index (Phi) is 5.62. The van der Waals surface area contributed by atoms with Crippen LogP contribution in [0.4, 0.5) is 5.13 Å². The van der Waals surface area contributed by atoms with Crippen LogP contribution in [0, 0.1) is 6.92 Å². The van der Waals surface area contributed by atoms with E-state index in [1.807, 2.05) is 18.2 Å². The third-order valence-corrected chi connectivity index (χ3v) is 5.05. The van der Waals surface area contributed by atoms with Crippen molar-refractivity contribution < 1.29 is 0 Å². The fourth-order valence-electron chi connectivity index (χ4n) is 2.33. The number of nitrogens with zero attached hydrogens (tertiary/aromatic N) is 2. The van der Waals surface area contributed by atoms with Crippen LogP contribution in [0.2, 0.25) is 5.02 Å². The van der Waals surface area contributed by atoms with Crippen LogP contribution in [0.25, 0.3) is 0 Å². The smallest absolute Gasteiger partial charge is 0.185 e. The Hall–Kier alpha value is -1.10. The van der Waals surface area contributed by atoms with Crippen molar-refractivity contribution in [2.75, 3.05) is 18.5 Å². The molecule has 0 aliphatic heterocycles. The van der Waals surface area contributed by atoms with Crippen LogP contribution in [0.15, 0.2) is 24.3 Å². The maximum absolute atomic E-state index is 6.04. The summed E-state index contributed by atoms with van der Waals surface area (Å²) in [5.74, 6) is 0. The van der Waals surface area contributed by atoms with E-state index in [-0.39, 0.29) is 0 Å². The first kappa shape index (κ1) is 16.3. The van der Waals surface area contributed by atoms with E-state index in [0.29, 0.717) is 6.04 Å². The van der Waals surface area contributed by atoms with Gasteiger partial charge in [-0.3, -0.25) is 0 Å². The highest BCUT2D eigenvalue weighted by molar-refractivity contribution is 7.15. The number of hydrogen-bond donors (Lipinski definition) is 1. The van der Waals surface area contributed by atoms with Crippen LogP contribution in [-0.2, 0) is 6.54 Å². The van der Waals surface area contributed by atoms with Gasteiger partial charge in [-0.05, 0) is 38.1 Å². The van der Waals surface area contributed by atoms with Crippen LogP contribution in [-0.4, -0.2) is 18.6 Å². The maximum Gasteiger partial charge on any atom is 0.185 e. The highest BCUT2D eigenvalue weighted by Gasteiger charge is 2.15. The summed E-state index contributed by atoms with van der Waals surface area (Å²) in [6.07, 6.45) is 0. The molecular formula is C16H22ClN3S. The summed E-state index contributed by atoms with van der Waals surface area (Å²) in [6.45, 7) is 8.16. The van der Waals surface area contributed by atoms with E-state index in [0.717, 1.165) is 28.9 Å². The number of anilines is 1. The molecule has 0 aliphatic rings. The molecule has 0 saturated carbocycles. The van der Waals surface area contributed by atoms with Crippen molar-refractivity contribution in [2.24, 2.45) is 0 Å². The van der Waals surface area contributed by atoms with Gasteiger partial charge in [-0.25, -0.2) is 4.98 Å². The van der Waals surface area contributed by atoms with Gasteiger partial charge in [0.2, 0.25) is 0 Å². The van der Waals surface area contributed by atoms with E-state index in [9.17, 15) is 0 Å². The van der Waals surface area contributed by atoms with Crippen molar-refractivity contribution in [3.63, 3.8) is 0 Å². The largest absolute Gasteiger partial charge is 0.347 e. The van der Waals surface area contributed by atoms with Gasteiger partial charge in [0.05, 0.1) is 5.69 Å². The minimum atomic E-state index is 0.348. The Morgan fingerprint density at radius 3 is 2.86 bits per heavy atom. The molecule has 3 nitrogen and oxygen atoms in total. The van der Waals surface area contributed by atoms with Crippen molar-refractivity contribution in [3.8, 4) is 0 Å². The van der Waals surface area contributed by atoms with E-state index in [1.54, 1.807) is 11.3 Å². The number of aryl methyl sites for hydroxylation is 1. The highest BCUT2D eigenvalue weighted by Crippen LogP contribution is 2.30. The average Bonchev–Trinajstić information content (AvgIpc) is 2.81. The van der Waals surface area contributed by atoms with Gasteiger partial charge in [0, 0.05) is 29.5 Å². The molecule has 0 radical (unpaired) electrons. The lowest BCUT2D eigenvalue weighted by molar-refractivity contribution is 0.603. The summed E-state index contributed by atoms with van der Waals surface area (Å²) in [5.41, 5.74) is 2.31. The highest BCUT2D eigenvalue weighted by atomic mass is 35.5. The average molecular weight is 324 g/mol. The lowest BCUT2D eigenvalue weighted by Crippen LogP contribution is -2.17. The van der Waals surface area contributed by atoms with Gasteiger partial charge in [-0.1, -0.05) is 30.7 Å². The topological polar surface area (TPSA) is 28.2 Å². The zero-order valence-electron chi connectivity index (χ0n) is 13.0. The Balaban J connectivity index is 2.12. The van der Waals surface area contributed by atoms with Crippen molar-refractivity contribution in [2.45, 2.75) is 33.4 Å². The van der Waals surface area contributed by atoms with Crippen molar-refractivity contribution in [1.82, 2.24) is 10.3 Å². The molecule has 0 amide bonds. The van der Waals surface area contributed by atoms with E-state index in [2.05, 4.69) is 44.1 Å². The number of nitrogens with one attached hydrogen (secondary N) is 1. The molecule has 1 heterocycles. The summed E-state index contributed by atoms with van der Waals surface area (Å²) < 4.78 is 0. The molecule has 0 saturated heterocycles. The summed E-state index contributed by atoms with van der Waals surface area (Å²) in [4.78, 5) is 8.19. The van der Waals surface area contributed by atoms with Gasteiger partial charge in [0.25, 0.3) is 0 Å².